The lowest BCUT2D eigenvalue weighted by atomic mass is 9.80. The van der Waals surface area contributed by atoms with Gasteiger partial charge in [0.05, 0.1) is 17.8 Å². The zero-order valence-electron chi connectivity index (χ0n) is 13.6. The van der Waals surface area contributed by atoms with Gasteiger partial charge >= 0.3 is 0 Å². The van der Waals surface area contributed by atoms with Crippen LogP contribution in [0.25, 0.3) is 0 Å². The Kier molecular flexibility index (Phi) is 5.77. The Labute approximate surface area is 132 Å². The van der Waals surface area contributed by atoms with Crippen molar-refractivity contribution in [1.29, 1.82) is 0 Å². The van der Waals surface area contributed by atoms with Crippen LogP contribution in [0.1, 0.15) is 50.2 Å². The second-order valence-corrected chi connectivity index (χ2v) is 7.50. The van der Waals surface area contributed by atoms with Crippen molar-refractivity contribution in [1.82, 2.24) is 9.88 Å². The van der Waals surface area contributed by atoms with Crippen molar-refractivity contribution in [3.05, 3.63) is 16.1 Å². The second-order valence-electron chi connectivity index (χ2n) is 6.55. The van der Waals surface area contributed by atoms with E-state index in [9.17, 15) is 5.11 Å². The Morgan fingerprint density at radius 2 is 2.33 bits per heavy atom. The summed E-state index contributed by atoms with van der Waals surface area (Å²) >= 11 is 1.75. The van der Waals surface area contributed by atoms with Gasteiger partial charge in [0.15, 0.2) is 0 Å². The molecule has 2 atom stereocenters. The van der Waals surface area contributed by atoms with Gasteiger partial charge in [-0.15, -0.1) is 11.3 Å². The van der Waals surface area contributed by atoms with Crippen LogP contribution < -0.4 is 0 Å². The van der Waals surface area contributed by atoms with Gasteiger partial charge < -0.3 is 9.84 Å². The van der Waals surface area contributed by atoms with Gasteiger partial charge in [0, 0.05) is 32.2 Å². The molecule has 5 heteroatoms. The molecule has 2 heterocycles. The van der Waals surface area contributed by atoms with Crippen molar-refractivity contribution in [3.63, 3.8) is 0 Å². The number of hydrogen-bond donors (Lipinski definition) is 1. The topological polar surface area (TPSA) is 45.6 Å². The molecule has 1 aromatic rings. The molecular weight excluding hydrogens is 284 g/mol. The summed E-state index contributed by atoms with van der Waals surface area (Å²) in [5.41, 5.74) is 0.620. The fourth-order valence-electron chi connectivity index (χ4n) is 2.89. The van der Waals surface area contributed by atoms with Crippen molar-refractivity contribution in [2.24, 2.45) is 5.92 Å². The van der Waals surface area contributed by atoms with Crippen molar-refractivity contribution in [2.75, 3.05) is 26.8 Å². The van der Waals surface area contributed by atoms with Crippen LogP contribution in [0, 0.1) is 5.92 Å². The Morgan fingerprint density at radius 1 is 1.57 bits per heavy atom. The molecule has 1 aliphatic heterocycles. The smallest absolute Gasteiger partial charge is 0.107 e. The first-order chi connectivity index (χ1) is 9.94. The number of methoxy groups -OCH3 is 1. The van der Waals surface area contributed by atoms with Crippen LogP contribution >= 0.6 is 11.3 Å². The molecule has 1 N–H and O–H groups in total. The summed E-state index contributed by atoms with van der Waals surface area (Å²) < 4.78 is 5.12. The zero-order chi connectivity index (χ0) is 15.5. The van der Waals surface area contributed by atoms with E-state index >= 15 is 0 Å². The normalized spacial score (nSPS) is 27.4. The molecule has 0 spiro atoms. The molecule has 0 aromatic carbocycles. The number of thiazole rings is 1. The Bertz CT molecular complexity index is 449. The third kappa shape index (κ3) is 4.25. The lowest BCUT2D eigenvalue weighted by Gasteiger charge is -2.43. The summed E-state index contributed by atoms with van der Waals surface area (Å²) in [5, 5.41) is 14.1. The summed E-state index contributed by atoms with van der Waals surface area (Å²) in [5.74, 6) is 0.764. The van der Waals surface area contributed by atoms with Crippen molar-refractivity contribution < 1.29 is 9.84 Å². The highest BCUT2D eigenvalue weighted by atomic mass is 32.1. The first-order valence-corrected chi connectivity index (χ1v) is 8.70. The van der Waals surface area contributed by atoms with Crippen molar-refractivity contribution in [3.8, 4) is 0 Å². The molecule has 1 aromatic heterocycles. The van der Waals surface area contributed by atoms with Gasteiger partial charge in [-0.25, -0.2) is 4.98 Å². The Morgan fingerprint density at radius 3 is 2.90 bits per heavy atom. The van der Waals surface area contributed by atoms with Crippen LogP contribution in [0.3, 0.4) is 0 Å². The molecular formula is C16H28N2O2S. The molecule has 21 heavy (non-hydrogen) atoms. The molecule has 0 radical (unpaired) electrons. The molecule has 1 saturated heterocycles. The maximum Gasteiger partial charge on any atom is 0.107 e. The summed E-state index contributed by atoms with van der Waals surface area (Å²) in [4.78, 5) is 7.12. The van der Waals surface area contributed by atoms with Gasteiger partial charge in [-0.3, -0.25) is 4.90 Å². The standard InChI is InChI=1S/C16H28N2O2S/c1-12(2)14-11-21-15(17-14)10-18-7-5-16(19,6-8-20-4)13(3)9-18/h11-13,19H,5-10H2,1-4H3/t13-,16-/m1/s1. The SMILES string of the molecule is COCC[C@]1(O)CCN(Cc2nc(C(C)C)cs2)C[C@H]1C. The third-order valence-electron chi connectivity index (χ3n) is 4.57. The lowest BCUT2D eigenvalue weighted by Crippen LogP contribution is -2.51. The van der Waals surface area contributed by atoms with Crippen LogP contribution in [0.4, 0.5) is 0 Å². The van der Waals surface area contributed by atoms with E-state index in [2.05, 4.69) is 31.1 Å². The van der Waals surface area contributed by atoms with E-state index in [1.54, 1.807) is 18.4 Å². The monoisotopic (exact) mass is 312 g/mol. The third-order valence-corrected chi connectivity index (χ3v) is 5.42. The number of nitrogens with zero attached hydrogens (tertiary/aromatic N) is 2. The van der Waals surface area contributed by atoms with Gasteiger partial charge in [-0.1, -0.05) is 20.8 Å². The molecule has 0 saturated carbocycles. The van der Waals surface area contributed by atoms with E-state index in [0.717, 1.165) is 32.5 Å². The average molecular weight is 312 g/mol. The summed E-state index contributed by atoms with van der Waals surface area (Å²) in [6, 6.07) is 0. The van der Waals surface area contributed by atoms with Crippen molar-refractivity contribution >= 4 is 11.3 Å². The Balaban J connectivity index is 1.89. The van der Waals surface area contributed by atoms with E-state index in [0.29, 0.717) is 12.5 Å². The molecule has 4 nitrogen and oxygen atoms in total. The lowest BCUT2D eigenvalue weighted by molar-refractivity contribution is -0.0827. The Hall–Kier alpha value is -0.490. The first-order valence-electron chi connectivity index (χ1n) is 7.82. The van der Waals surface area contributed by atoms with E-state index in [1.807, 2.05) is 0 Å². The number of rotatable bonds is 6. The van der Waals surface area contributed by atoms with Gasteiger partial charge in [0.25, 0.3) is 0 Å². The molecule has 0 unspecified atom stereocenters. The van der Waals surface area contributed by atoms with E-state index in [4.69, 9.17) is 9.72 Å². The maximum absolute atomic E-state index is 10.7. The zero-order valence-corrected chi connectivity index (χ0v) is 14.4. The van der Waals surface area contributed by atoms with Gasteiger partial charge in [-0.2, -0.15) is 0 Å². The van der Waals surface area contributed by atoms with E-state index in [-0.39, 0.29) is 5.92 Å². The fraction of sp³-hybridized carbons (Fsp3) is 0.812. The molecule has 1 fully saturated rings. The number of aromatic nitrogens is 1. The second kappa shape index (κ2) is 7.18. The van der Waals surface area contributed by atoms with Gasteiger partial charge in [0.2, 0.25) is 0 Å². The number of likely N-dealkylation sites (tertiary alicyclic amines) is 1. The molecule has 2 rings (SSSR count). The average Bonchev–Trinajstić information content (AvgIpc) is 2.90. The number of ether oxygens (including phenoxy) is 1. The minimum absolute atomic E-state index is 0.269. The van der Waals surface area contributed by atoms with Gasteiger partial charge in [-0.05, 0) is 24.7 Å². The largest absolute Gasteiger partial charge is 0.389 e. The van der Waals surface area contributed by atoms with E-state index < -0.39 is 5.60 Å². The molecule has 120 valence electrons. The minimum Gasteiger partial charge on any atom is -0.389 e. The molecule has 0 amide bonds. The molecule has 1 aliphatic rings. The molecule has 0 aliphatic carbocycles. The highest BCUT2D eigenvalue weighted by molar-refractivity contribution is 7.09. The van der Waals surface area contributed by atoms with Crippen molar-refractivity contribution in [2.45, 2.75) is 51.7 Å². The van der Waals surface area contributed by atoms with Gasteiger partial charge in [0.1, 0.15) is 5.01 Å². The number of piperidine rings is 1. The predicted octanol–water partition coefficient (Wildman–Crippen LogP) is 2.88. The number of aliphatic hydroxyl groups is 1. The first kappa shape index (κ1) is 16.9. The maximum atomic E-state index is 10.7. The van der Waals surface area contributed by atoms with Crippen LogP contribution in [0.5, 0.6) is 0 Å². The number of hydrogen-bond acceptors (Lipinski definition) is 5. The summed E-state index contributed by atoms with van der Waals surface area (Å²) in [6.45, 7) is 9.89. The van der Waals surface area contributed by atoms with Crippen LogP contribution in [0.15, 0.2) is 5.38 Å². The van der Waals surface area contributed by atoms with Crippen LogP contribution in [-0.2, 0) is 11.3 Å². The molecule has 0 bridgehead atoms. The summed E-state index contributed by atoms with van der Waals surface area (Å²) in [6.07, 6.45) is 1.55. The highest BCUT2D eigenvalue weighted by Crippen LogP contribution is 2.32. The van der Waals surface area contributed by atoms with Crippen LogP contribution in [-0.4, -0.2) is 47.4 Å². The predicted molar refractivity (Wildman–Crippen MR) is 86.7 cm³/mol. The minimum atomic E-state index is -0.571. The van der Waals surface area contributed by atoms with E-state index in [1.165, 1.54) is 10.7 Å². The highest BCUT2D eigenvalue weighted by Gasteiger charge is 2.38. The summed E-state index contributed by atoms with van der Waals surface area (Å²) in [7, 11) is 1.69. The quantitative estimate of drug-likeness (QED) is 0.877. The fourth-order valence-corrected chi connectivity index (χ4v) is 3.89. The van der Waals surface area contributed by atoms with Crippen LogP contribution in [0.2, 0.25) is 0 Å².